The average molecular weight is 175 g/mol. The number of carbonyl (C=O) groups is 1. The van der Waals surface area contributed by atoms with Crippen molar-refractivity contribution in [1.29, 1.82) is 0 Å². The van der Waals surface area contributed by atoms with Crippen LogP contribution in [0, 0.1) is 0 Å². The Balaban J connectivity index is 2.94. The molecule has 0 heterocycles. The van der Waals surface area contributed by atoms with Crippen molar-refractivity contribution in [2.75, 3.05) is 0 Å². The van der Waals surface area contributed by atoms with Gasteiger partial charge in [0.2, 0.25) is 6.41 Å². The lowest BCUT2D eigenvalue weighted by molar-refractivity contribution is -0.108. The molecule has 2 nitrogen and oxygen atoms in total. The fourth-order valence-corrected chi connectivity index (χ4v) is 1.21. The average Bonchev–Trinajstić information content (AvgIpc) is 2.33. The monoisotopic (exact) mass is 175 g/mol. The van der Waals surface area contributed by atoms with E-state index in [9.17, 15) is 4.79 Å². The van der Waals surface area contributed by atoms with Crippen LogP contribution in [0.15, 0.2) is 47.7 Å². The van der Waals surface area contributed by atoms with Gasteiger partial charge >= 0.3 is 0 Å². The molecule has 68 valence electrons. The molecular formula is C11H13NO. The fourth-order valence-electron chi connectivity index (χ4n) is 1.21. The fraction of sp³-hybridized carbons (Fsp3) is 0.182. The summed E-state index contributed by atoms with van der Waals surface area (Å²) in [4.78, 5) is 10.3. The summed E-state index contributed by atoms with van der Waals surface area (Å²) in [5.41, 5.74) is 2.00. The zero-order valence-corrected chi connectivity index (χ0v) is 7.66. The lowest BCUT2D eigenvalue weighted by atomic mass is 10.1. The van der Waals surface area contributed by atoms with Crippen molar-refractivity contribution in [2.24, 2.45) is 0 Å². The van der Waals surface area contributed by atoms with E-state index in [1.54, 1.807) is 0 Å². The lowest BCUT2D eigenvalue weighted by Gasteiger charge is -2.04. The molecule has 0 bridgehead atoms. The molecular weight excluding hydrogens is 162 g/mol. The van der Waals surface area contributed by atoms with E-state index in [2.05, 4.69) is 11.4 Å². The highest BCUT2D eigenvalue weighted by Crippen LogP contribution is 2.13. The highest BCUT2D eigenvalue weighted by Gasteiger charge is 2.00. The SMILES string of the molecule is C/C=C\C1=C(NC=O)C=CC=CC1. The molecule has 1 rings (SSSR count). The Bertz CT molecular complexity index is 295. The first-order chi connectivity index (χ1) is 6.38. The number of nitrogens with one attached hydrogen (secondary N) is 1. The summed E-state index contributed by atoms with van der Waals surface area (Å²) in [6, 6.07) is 0. The summed E-state index contributed by atoms with van der Waals surface area (Å²) < 4.78 is 0. The zero-order chi connectivity index (χ0) is 9.52. The quantitative estimate of drug-likeness (QED) is 0.654. The van der Waals surface area contributed by atoms with Gasteiger partial charge in [-0.25, -0.2) is 0 Å². The van der Waals surface area contributed by atoms with E-state index < -0.39 is 0 Å². The van der Waals surface area contributed by atoms with E-state index in [1.807, 2.05) is 37.3 Å². The van der Waals surface area contributed by atoms with Gasteiger partial charge in [-0.1, -0.05) is 30.4 Å². The molecule has 0 fully saturated rings. The first-order valence-electron chi connectivity index (χ1n) is 4.27. The molecule has 1 aliphatic carbocycles. The van der Waals surface area contributed by atoms with Gasteiger partial charge in [0.05, 0.1) is 0 Å². The predicted octanol–water partition coefficient (Wildman–Crippen LogP) is 2.08. The summed E-state index contributed by atoms with van der Waals surface area (Å²) in [7, 11) is 0. The van der Waals surface area contributed by atoms with E-state index in [-0.39, 0.29) is 0 Å². The molecule has 1 N–H and O–H groups in total. The van der Waals surface area contributed by atoms with Crippen molar-refractivity contribution < 1.29 is 4.79 Å². The van der Waals surface area contributed by atoms with Gasteiger partial charge in [-0.2, -0.15) is 0 Å². The van der Waals surface area contributed by atoms with Crippen LogP contribution in [0.2, 0.25) is 0 Å². The lowest BCUT2D eigenvalue weighted by Crippen LogP contribution is -2.10. The van der Waals surface area contributed by atoms with Crippen molar-refractivity contribution in [3.63, 3.8) is 0 Å². The summed E-state index contributed by atoms with van der Waals surface area (Å²) in [6.07, 6.45) is 13.4. The molecule has 0 spiro atoms. The molecule has 0 saturated heterocycles. The minimum Gasteiger partial charge on any atom is -0.328 e. The van der Waals surface area contributed by atoms with Crippen LogP contribution >= 0.6 is 0 Å². The van der Waals surface area contributed by atoms with Crippen molar-refractivity contribution in [3.8, 4) is 0 Å². The number of hydrogen-bond acceptors (Lipinski definition) is 1. The van der Waals surface area contributed by atoms with Gasteiger partial charge in [0.25, 0.3) is 0 Å². The van der Waals surface area contributed by atoms with E-state index in [4.69, 9.17) is 0 Å². The number of carbonyl (C=O) groups excluding carboxylic acids is 1. The standard InChI is InChI=1S/C11H13NO/c1-2-6-10-7-4-3-5-8-11(10)12-9-13/h2-6,8-9H,7H2,1H3,(H,12,13)/b6-2-. The van der Waals surface area contributed by atoms with Gasteiger partial charge in [0.1, 0.15) is 0 Å². The Morgan fingerprint density at radius 1 is 1.46 bits per heavy atom. The Hall–Kier alpha value is -1.57. The molecule has 0 aliphatic heterocycles. The molecule has 0 radical (unpaired) electrons. The Morgan fingerprint density at radius 3 is 3.00 bits per heavy atom. The van der Waals surface area contributed by atoms with Gasteiger partial charge in [0, 0.05) is 5.70 Å². The minimum atomic E-state index is 0.703. The summed E-state index contributed by atoms with van der Waals surface area (Å²) in [5.74, 6) is 0. The highest BCUT2D eigenvalue weighted by molar-refractivity contribution is 5.54. The third-order valence-electron chi connectivity index (χ3n) is 1.78. The second-order valence-electron chi connectivity index (χ2n) is 2.69. The van der Waals surface area contributed by atoms with Gasteiger partial charge < -0.3 is 5.32 Å². The topological polar surface area (TPSA) is 29.1 Å². The van der Waals surface area contributed by atoms with Crippen LogP contribution in [0.3, 0.4) is 0 Å². The molecule has 13 heavy (non-hydrogen) atoms. The summed E-state index contributed by atoms with van der Waals surface area (Å²) in [6.45, 7) is 1.96. The number of amides is 1. The molecule has 1 amide bonds. The first-order valence-corrected chi connectivity index (χ1v) is 4.27. The van der Waals surface area contributed by atoms with E-state index in [0.717, 1.165) is 17.7 Å². The second-order valence-corrected chi connectivity index (χ2v) is 2.69. The highest BCUT2D eigenvalue weighted by atomic mass is 16.1. The number of allylic oxidation sites excluding steroid dienone is 7. The van der Waals surface area contributed by atoms with Crippen LogP contribution in [0.4, 0.5) is 0 Å². The van der Waals surface area contributed by atoms with Crippen LogP contribution in [0.5, 0.6) is 0 Å². The van der Waals surface area contributed by atoms with Gasteiger partial charge in [-0.15, -0.1) is 0 Å². The molecule has 0 aromatic carbocycles. The Labute approximate surface area is 78.3 Å². The van der Waals surface area contributed by atoms with Crippen molar-refractivity contribution in [2.45, 2.75) is 13.3 Å². The summed E-state index contributed by atoms with van der Waals surface area (Å²) >= 11 is 0. The van der Waals surface area contributed by atoms with Gasteiger partial charge in [-0.3, -0.25) is 4.79 Å². The van der Waals surface area contributed by atoms with E-state index >= 15 is 0 Å². The van der Waals surface area contributed by atoms with Crippen LogP contribution in [0.25, 0.3) is 0 Å². The smallest absolute Gasteiger partial charge is 0.211 e. The predicted molar refractivity (Wildman–Crippen MR) is 53.9 cm³/mol. The summed E-state index contributed by atoms with van der Waals surface area (Å²) in [5, 5.41) is 2.68. The molecule has 0 unspecified atom stereocenters. The third kappa shape index (κ3) is 2.75. The van der Waals surface area contributed by atoms with Crippen LogP contribution in [0.1, 0.15) is 13.3 Å². The second kappa shape index (κ2) is 5.14. The van der Waals surface area contributed by atoms with Crippen molar-refractivity contribution >= 4 is 6.41 Å². The maximum Gasteiger partial charge on any atom is 0.211 e. The van der Waals surface area contributed by atoms with Gasteiger partial charge in [-0.05, 0) is 25.0 Å². The molecule has 0 saturated carbocycles. The van der Waals surface area contributed by atoms with E-state index in [1.165, 1.54) is 0 Å². The first kappa shape index (κ1) is 9.52. The number of rotatable bonds is 3. The Morgan fingerprint density at radius 2 is 2.31 bits per heavy atom. The zero-order valence-electron chi connectivity index (χ0n) is 7.66. The normalized spacial score (nSPS) is 16.4. The molecule has 0 atom stereocenters. The minimum absolute atomic E-state index is 0.703. The Kier molecular flexibility index (Phi) is 3.76. The largest absolute Gasteiger partial charge is 0.328 e. The maximum absolute atomic E-state index is 10.3. The molecule has 2 heteroatoms. The molecule has 0 aromatic heterocycles. The van der Waals surface area contributed by atoms with Crippen LogP contribution in [-0.2, 0) is 4.79 Å². The van der Waals surface area contributed by atoms with Crippen LogP contribution in [-0.4, -0.2) is 6.41 Å². The molecule has 0 aromatic rings. The van der Waals surface area contributed by atoms with Crippen LogP contribution < -0.4 is 5.32 Å². The van der Waals surface area contributed by atoms with E-state index in [0.29, 0.717) is 6.41 Å². The van der Waals surface area contributed by atoms with Crippen molar-refractivity contribution in [3.05, 3.63) is 47.7 Å². The third-order valence-corrected chi connectivity index (χ3v) is 1.78. The maximum atomic E-state index is 10.3. The van der Waals surface area contributed by atoms with Crippen molar-refractivity contribution in [1.82, 2.24) is 5.32 Å². The molecule has 1 aliphatic rings. The number of hydrogen-bond donors (Lipinski definition) is 1. The van der Waals surface area contributed by atoms with Gasteiger partial charge in [0.15, 0.2) is 0 Å².